The molecule has 4 rings (SSSR count). The van der Waals surface area contributed by atoms with E-state index in [-0.39, 0.29) is 54.7 Å². The van der Waals surface area contributed by atoms with Crippen molar-refractivity contribution in [3.63, 3.8) is 0 Å². The molecule has 0 aliphatic carbocycles. The number of ether oxygens (including phenoxy) is 2. The third-order valence-corrected chi connectivity index (χ3v) is 10.2. The van der Waals surface area contributed by atoms with Crippen LogP contribution in [0.1, 0.15) is 72.0 Å². The molecule has 7 atom stereocenters. The fraction of sp³-hybridized carbons (Fsp3) is 0.611. The van der Waals surface area contributed by atoms with Crippen LogP contribution in [-0.4, -0.2) is 93.0 Å². The smallest absolute Gasteiger partial charge is 0.313 e. The number of carbonyl (C=O) groups excluding carboxylic acids is 4. The van der Waals surface area contributed by atoms with Crippen molar-refractivity contribution in [3.05, 3.63) is 61.2 Å². The van der Waals surface area contributed by atoms with Gasteiger partial charge in [-0.3, -0.25) is 19.2 Å². The van der Waals surface area contributed by atoms with E-state index in [4.69, 9.17) is 9.47 Å². The molecule has 11 heteroatoms. The Hall–Kier alpha value is -3.02. The van der Waals surface area contributed by atoms with E-state index in [9.17, 15) is 24.3 Å². The van der Waals surface area contributed by atoms with Gasteiger partial charge in [-0.05, 0) is 44.1 Å². The van der Waals surface area contributed by atoms with Gasteiger partial charge in [0.05, 0.1) is 31.1 Å². The molecule has 47 heavy (non-hydrogen) atoms. The Morgan fingerprint density at radius 3 is 2.47 bits per heavy atom. The molecule has 1 aromatic carbocycles. The molecule has 3 aliphatic heterocycles. The molecule has 1 unspecified atom stereocenters. The number of allylic oxidation sites excluding steroid dienone is 1. The van der Waals surface area contributed by atoms with Gasteiger partial charge in [-0.1, -0.05) is 79.2 Å². The van der Waals surface area contributed by atoms with Gasteiger partial charge in [0.15, 0.2) is 0 Å². The highest BCUT2D eigenvalue weighted by molar-refractivity contribution is 9.09. The van der Waals surface area contributed by atoms with Crippen molar-refractivity contribution in [1.29, 1.82) is 0 Å². The predicted octanol–water partition coefficient (Wildman–Crippen LogP) is 4.32. The molecule has 0 radical (unpaired) electrons. The summed E-state index contributed by atoms with van der Waals surface area (Å²) in [7, 11) is 0. The van der Waals surface area contributed by atoms with Gasteiger partial charge in [-0.25, -0.2) is 0 Å². The van der Waals surface area contributed by atoms with Gasteiger partial charge in [-0.2, -0.15) is 0 Å². The molecule has 2 N–H and O–H groups in total. The SMILES string of the molecule is C=CCCC(=O)NC[C@H](OC(=O)[C@H]1[C@@H]2O[C@@]3(CC2Br)[C@@H]1C(=O)N(CCO)[C@@H]3C(=O)N(CC=C)C(C)(C)CC(C)(C)C)c1ccccc1. The lowest BCUT2D eigenvalue weighted by Gasteiger charge is -2.45. The molecule has 3 saturated heterocycles. The summed E-state index contributed by atoms with van der Waals surface area (Å²) in [6, 6.07) is 8.05. The number of amides is 3. The third kappa shape index (κ3) is 7.52. The fourth-order valence-electron chi connectivity index (χ4n) is 7.97. The zero-order chi connectivity index (χ0) is 34.7. The molecular formula is C36H50BrN3O7. The molecule has 258 valence electrons. The number of hydrogen-bond donors (Lipinski definition) is 2. The van der Waals surface area contributed by atoms with E-state index in [1.54, 1.807) is 17.1 Å². The maximum atomic E-state index is 14.7. The van der Waals surface area contributed by atoms with E-state index in [2.05, 4.69) is 55.2 Å². The zero-order valence-corrected chi connectivity index (χ0v) is 29.8. The summed E-state index contributed by atoms with van der Waals surface area (Å²) in [5, 5.41) is 12.9. The minimum Gasteiger partial charge on any atom is -0.455 e. The number of likely N-dealkylation sites (tertiary alicyclic amines) is 1. The molecule has 10 nitrogen and oxygen atoms in total. The lowest BCUT2D eigenvalue weighted by atomic mass is 9.70. The van der Waals surface area contributed by atoms with Crippen LogP contribution in [0.25, 0.3) is 0 Å². The van der Waals surface area contributed by atoms with Gasteiger partial charge in [0.2, 0.25) is 17.7 Å². The average Bonchev–Trinajstić information content (AvgIpc) is 3.59. The first-order valence-electron chi connectivity index (χ1n) is 16.4. The summed E-state index contributed by atoms with van der Waals surface area (Å²) in [5.74, 6) is -3.54. The number of alkyl halides is 1. The van der Waals surface area contributed by atoms with E-state index < -0.39 is 53.1 Å². The van der Waals surface area contributed by atoms with E-state index >= 15 is 0 Å². The van der Waals surface area contributed by atoms with Crippen molar-refractivity contribution in [2.24, 2.45) is 17.3 Å². The molecule has 0 aromatic heterocycles. The summed E-state index contributed by atoms with van der Waals surface area (Å²) >= 11 is 3.70. The number of benzene rings is 1. The van der Waals surface area contributed by atoms with Crippen molar-refractivity contribution >= 4 is 39.6 Å². The monoisotopic (exact) mass is 715 g/mol. The number of aliphatic hydroxyl groups is 1. The normalized spacial score (nSPS) is 27.3. The molecule has 3 aliphatic rings. The van der Waals surface area contributed by atoms with E-state index in [1.807, 2.05) is 44.2 Å². The molecule has 2 bridgehead atoms. The first kappa shape index (κ1) is 36.8. The topological polar surface area (TPSA) is 125 Å². The number of nitrogens with one attached hydrogen (secondary N) is 1. The van der Waals surface area contributed by atoms with Crippen LogP contribution >= 0.6 is 15.9 Å². The minimum absolute atomic E-state index is 0.0442. The van der Waals surface area contributed by atoms with E-state index in [0.29, 0.717) is 24.8 Å². The van der Waals surface area contributed by atoms with Gasteiger partial charge in [0, 0.05) is 29.9 Å². The number of fused-ring (bicyclic) bond motifs is 1. The maximum Gasteiger partial charge on any atom is 0.313 e. The lowest BCUT2D eigenvalue weighted by Crippen LogP contribution is -2.61. The van der Waals surface area contributed by atoms with Crippen LogP contribution in [0.15, 0.2) is 55.6 Å². The molecule has 3 heterocycles. The molecule has 1 spiro atoms. The second kappa shape index (κ2) is 14.6. The zero-order valence-electron chi connectivity index (χ0n) is 28.2. The number of esters is 1. The van der Waals surface area contributed by atoms with Crippen LogP contribution in [0, 0.1) is 17.3 Å². The van der Waals surface area contributed by atoms with Gasteiger partial charge >= 0.3 is 5.97 Å². The Labute approximate surface area is 287 Å². The van der Waals surface area contributed by atoms with Crippen LogP contribution < -0.4 is 5.32 Å². The summed E-state index contributed by atoms with van der Waals surface area (Å²) in [5.41, 5.74) is -1.32. The number of β-amino-alcohol motifs (C(OH)–C–C–N with tert-alkyl or cyclic N) is 1. The van der Waals surface area contributed by atoms with Gasteiger partial charge in [-0.15, -0.1) is 13.2 Å². The van der Waals surface area contributed by atoms with Crippen molar-refractivity contribution in [1.82, 2.24) is 15.1 Å². The Morgan fingerprint density at radius 2 is 1.87 bits per heavy atom. The maximum absolute atomic E-state index is 14.7. The van der Waals surface area contributed by atoms with Crippen molar-refractivity contribution in [2.75, 3.05) is 26.2 Å². The highest BCUT2D eigenvalue weighted by Gasteiger charge is 2.77. The Bertz CT molecular complexity index is 1350. The highest BCUT2D eigenvalue weighted by Crippen LogP contribution is 2.60. The van der Waals surface area contributed by atoms with Gasteiger partial charge < -0.3 is 29.7 Å². The molecule has 3 fully saturated rings. The Morgan fingerprint density at radius 1 is 1.19 bits per heavy atom. The second-order valence-corrected chi connectivity index (χ2v) is 15.8. The predicted molar refractivity (Wildman–Crippen MR) is 182 cm³/mol. The quantitative estimate of drug-likeness (QED) is 0.157. The highest BCUT2D eigenvalue weighted by atomic mass is 79.9. The van der Waals surface area contributed by atoms with Crippen LogP contribution in [-0.2, 0) is 28.7 Å². The minimum atomic E-state index is -1.30. The first-order chi connectivity index (χ1) is 22.1. The summed E-state index contributed by atoms with van der Waals surface area (Å²) in [6.07, 6.45) is 3.59. The average molecular weight is 717 g/mol. The van der Waals surface area contributed by atoms with Crippen molar-refractivity contribution in [2.45, 2.75) is 94.5 Å². The molecule has 1 aromatic rings. The number of hydrogen-bond acceptors (Lipinski definition) is 7. The summed E-state index contributed by atoms with van der Waals surface area (Å²) in [6.45, 7) is 17.7. The van der Waals surface area contributed by atoms with Crippen LogP contribution in [0.4, 0.5) is 0 Å². The van der Waals surface area contributed by atoms with E-state index in [0.717, 1.165) is 0 Å². The Kier molecular flexibility index (Phi) is 11.4. The lowest BCUT2D eigenvalue weighted by molar-refractivity contribution is -0.160. The fourth-order valence-corrected chi connectivity index (χ4v) is 8.92. The number of carbonyl (C=O) groups is 4. The number of aliphatic hydroxyl groups excluding tert-OH is 1. The first-order valence-corrected chi connectivity index (χ1v) is 17.3. The van der Waals surface area contributed by atoms with Gasteiger partial charge in [0.25, 0.3) is 0 Å². The van der Waals surface area contributed by atoms with E-state index in [1.165, 1.54) is 4.90 Å². The van der Waals surface area contributed by atoms with Crippen LogP contribution in [0.3, 0.4) is 0 Å². The second-order valence-electron chi connectivity index (χ2n) is 14.7. The summed E-state index contributed by atoms with van der Waals surface area (Å²) < 4.78 is 12.8. The van der Waals surface area contributed by atoms with Crippen LogP contribution in [0.5, 0.6) is 0 Å². The van der Waals surface area contributed by atoms with Crippen LogP contribution in [0.2, 0.25) is 0 Å². The third-order valence-electron chi connectivity index (χ3n) is 9.40. The molecular weight excluding hydrogens is 666 g/mol. The summed E-state index contributed by atoms with van der Waals surface area (Å²) in [4.78, 5) is 58.5. The van der Waals surface area contributed by atoms with Crippen molar-refractivity contribution in [3.8, 4) is 0 Å². The standard InChI is InChI=1S/C36H50BrN3O7/c1-8-10-16-26(42)38-21-25(23-14-12-11-13-15-23)46-33(45)27-28-31(43)39(18-19-41)30(36(28)20-24(37)29(27)47-36)32(44)40(17-9-2)35(6,7)22-34(3,4)5/h8-9,11-15,24-25,27-30,41H,1-2,10,16-22H2,3-7H3,(H,38,42)/t24?,25-,27+,28-,29+,30+,36-/m0/s1. The largest absolute Gasteiger partial charge is 0.455 e. The molecule has 0 saturated carbocycles. The Balaban J connectivity index is 1.68. The van der Waals surface area contributed by atoms with Crippen molar-refractivity contribution < 1.29 is 33.8 Å². The number of rotatable bonds is 15. The molecule has 3 amide bonds. The number of nitrogens with zero attached hydrogens (tertiary/aromatic N) is 2. The number of halogens is 1. The van der Waals surface area contributed by atoms with Gasteiger partial charge in [0.1, 0.15) is 17.7 Å².